The van der Waals surface area contributed by atoms with Gasteiger partial charge in [0.25, 0.3) is 0 Å². The zero-order chi connectivity index (χ0) is 27.2. The van der Waals surface area contributed by atoms with Crippen LogP contribution in [-0.4, -0.2) is 32.1 Å². The van der Waals surface area contributed by atoms with Gasteiger partial charge in [-0.05, 0) is 83.9 Å². The summed E-state index contributed by atoms with van der Waals surface area (Å²) < 4.78 is 12.3. The number of carbonyl (C=O) groups excluding carboxylic acids is 2. The molecule has 3 aromatic rings. The number of esters is 2. The van der Waals surface area contributed by atoms with Gasteiger partial charge in [0.05, 0.1) is 17.0 Å². The van der Waals surface area contributed by atoms with E-state index >= 15 is 0 Å². The molecule has 0 atom stereocenters. The van der Waals surface area contributed by atoms with E-state index in [1.807, 2.05) is 57.5 Å². The van der Waals surface area contributed by atoms with E-state index in [1.165, 1.54) is 22.9 Å². The van der Waals surface area contributed by atoms with Gasteiger partial charge in [0.1, 0.15) is 17.0 Å². The lowest BCUT2D eigenvalue weighted by molar-refractivity contribution is -0.156. The van der Waals surface area contributed by atoms with Crippen molar-refractivity contribution in [3.63, 3.8) is 0 Å². The lowest BCUT2D eigenvalue weighted by Crippen LogP contribution is -2.36. The summed E-state index contributed by atoms with van der Waals surface area (Å²) in [4.78, 5) is 26.2. The molecule has 6 nitrogen and oxygen atoms in total. The molecular weight excluding hydrogens is 484 g/mol. The monoisotopic (exact) mass is 522 g/mol. The van der Waals surface area contributed by atoms with Gasteiger partial charge in [-0.2, -0.15) is 5.10 Å². The van der Waals surface area contributed by atoms with Gasteiger partial charge in [-0.15, -0.1) is 11.8 Å². The van der Waals surface area contributed by atoms with Crippen LogP contribution in [0.3, 0.4) is 0 Å². The molecule has 0 fully saturated rings. The molecule has 198 valence electrons. The molecule has 0 saturated heterocycles. The Labute approximate surface area is 224 Å². The van der Waals surface area contributed by atoms with Gasteiger partial charge in [-0.25, -0.2) is 4.79 Å². The molecule has 0 aliphatic carbocycles. The second-order valence-electron chi connectivity index (χ2n) is 10.7. The van der Waals surface area contributed by atoms with Gasteiger partial charge < -0.3 is 9.47 Å². The van der Waals surface area contributed by atoms with E-state index in [0.29, 0.717) is 5.56 Å². The van der Waals surface area contributed by atoms with Gasteiger partial charge in [0, 0.05) is 17.9 Å². The number of carbonyl (C=O) groups is 2. The molecule has 2 aromatic carbocycles. The van der Waals surface area contributed by atoms with Crippen LogP contribution in [0, 0.1) is 6.92 Å². The van der Waals surface area contributed by atoms with Crippen molar-refractivity contribution in [3.05, 3.63) is 82.7 Å². The third-order valence-electron chi connectivity index (χ3n) is 5.56. The van der Waals surface area contributed by atoms with Gasteiger partial charge in [0.15, 0.2) is 0 Å². The minimum absolute atomic E-state index is 0.155. The van der Waals surface area contributed by atoms with Crippen molar-refractivity contribution >= 4 is 23.7 Å². The normalized spacial score (nSPS) is 11.9. The first-order valence-corrected chi connectivity index (χ1v) is 13.5. The van der Waals surface area contributed by atoms with Crippen molar-refractivity contribution in [1.82, 2.24) is 9.78 Å². The summed E-state index contributed by atoms with van der Waals surface area (Å²) in [6, 6.07) is 17.6. The maximum absolute atomic E-state index is 12.7. The number of benzene rings is 2. The zero-order valence-electron chi connectivity index (χ0n) is 23.0. The first kappa shape index (κ1) is 28.5. The summed E-state index contributed by atoms with van der Waals surface area (Å²) >= 11 is 1.40. The Morgan fingerprint density at radius 2 is 1.62 bits per heavy atom. The number of hydrogen-bond donors (Lipinski definition) is 0. The Balaban J connectivity index is 1.62. The highest BCUT2D eigenvalue weighted by molar-refractivity contribution is 8.01. The highest BCUT2D eigenvalue weighted by atomic mass is 32.2. The second kappa shape index (κ2) is 12.0. The molecule has 0 bridgehead atoms. The number of nitrogens with zero attached hydrogens (tertiary/aromatic N) is 2. The van der Waals surface area contributed by atoms with Crippen molar-refractivity contribution < 1.29 is 19.1 Å². The van der Waals surface area contributed by atoms with E-state index in [9.17, 15) is 9.59 Å². The standard InChI is InChI=1S/C30H38N2O4S/c1-8-17-32-25(19-24(31-32)18-22-11-9-21(2)10-12-22)20-35-27(33)23-13-15-26(16-14-23)37-30(6,7)28(34)36-29(3,4)5/h9-16,19H,8,17-18,20H2,1-7H3. The van der Waals surface area contributed by atoms with Crippen LogP contribution >= 0.6 is 11.8 Å². The predicted octanol–water partition coefficient (Wildman–Crippen LogP) is 6.76. The summed E-state index contributed by atoms with van der Waals surface area (Å²) in [6.07, 6.45) is 1.67. The number of thioether (sulfide) groups is 1. The summed E-state index contributed by atoms with van der Waals surface area (Å²) in [7, 11) is 0. The Bertz CT molecular complexity index is 1210. The highest BCUT2D eigenvalue weighted by Gasteiger charge is 2.33. The van der Waals surface area contributed by atoms with Gasteiger partial charge in [0.2, 0.25) is 0 Å². The molecule has 0 amide bonds. The Kier molecular flexibility index (Phi) is 9.24. The number of aromatic nitrogens is 2. The first-order chi connectivity index (χ1) is 17.4. The molecule has 0 saturated carbocycles. The lowest BCUT2D eigenvalue weighted by Gasteiger charge is -2.28. The molecule has 0 spiro atoms. The van der Waals surface area contributed by atoms with Gasteiger partial charge in [-0.3, -0.25) is 9.48 Å². The highest BCUT2D eigenvalue weighted by Crippen LogP contribution is 2.34. The van der Waals surface area contributed by atoms with E-state index < -0.39 is 16.3 Å². The van der Waals surface area contributed by atoms with Crippen LogP contribution in [0.4, 0.5) is 0 Å². The molecule has 0 unspecified atom stereocenters. The molecule has 7 heteroatoms. The SMILES string of the molecule is CCCn1nc(Cc2ccc(C)cc2)cc1COC(=O)c1ccc(SC(C)(C)C(=O)OC(C)(C)C)cc1. The third-order valence-corrected chi connectivity index (χ3v) is 6.74. The number of ether oxygens (including phenoxy) is 2. The fraction of sp³-hybridized carbons (Fsp3) is 0.433. The smallest absolute Gasteiger partial charge is 0.338 e. The average molecular weight is 523 g/mol. The molecule has 0 aliphatic rings. The molecule has 37 heavy (non-hydrogen) atoms. The van der Waals surface area contributed by atoms with Crippen LogP contribution in [-0.2, 0) is 33.8 Å². The molecule has 0 aliphatic heterocycles. The lowest BCUT2D eigenvalue weighted by atomic mass is 10.1. The fourth-order valence-corrected chi connectivity index (χ4v) is 4.64. The van der Waals surface area contributed by atoms with Crippen LogP contribution in [0.25, 0.3) is 0 Å². The van der Waals surface area contributed by atoms with E-state index in [0.717, 1.165) is 35.7 Å². The number of hydrogen-bond acceptors (Lipinski definition) is 6. The molecule has 3 rings (SSSR count). The van der Waals surface area contributed by atoms with E-state index in [4.69, 9.17) is 14.6 Å². The van der Waals surface area contributed by atoms with Crippen molar-refractivity contribution in [2.24, 2.45) is 0 Å². The maximum Gasteiger partial charge on any atom is 0.338 e. The minimum Gasteiger partial charge on any atom is -0.459 e. The van der Waals surface area contributed by atoms with Crippen molar-refractivity contribution in [3.8, 4) is 0 Å². The van der Waals surface area contributed by atoms with E-state index in [-0.39, 0.29) is 12.6 Å². The van der Waals surface area contributed by atoms with Crippen LogP contribution < -0.4 is 0 Å². The largest absolute Gasteiger partial charge is 0.459 e. The summed E-state index contributed by atoms with van der Waals surface area (Å²) in [6.45, 7) is 14.3. The number of aryl methyl sites for hydroxylation is 2. The molecular formula is C30H38N2O4S. The average Bonchev–Trinajstić information content (AvgIpc) is 3.19. The van der Waals surface area contributed by atoms with Crippen LogP contribution in [0.1, 0.15) is 80.8 Å². The van der Waals surface area contributed by atoms with Gasteiger partial charge >= 0.3 is 11.9 Å². The first-order valence-electron chi connectivity index (χ1n) is 12.7. The molecule has 1 aromatic heterocycles. The van der Waals surface area contributed by atoms with Crippen molar-refractivity contribution in [2.45, 2.75) is 89.7 Å². The second-order valence-corrected chi connectivity index (χ2v) is 12.4. The summed E-state index contributed by atoms with van der Waals surface area (Å²) in [5.74, 6) is -0.675. The molecule has 0 N–H and O–H groups in total. The van der Waals surface area contributed by atoms with E-state index in [1.54, 1.807) is 12.1 Å². The van der Waals surface area contributed by atoms with Crippen LogP contribution in [0.15, 0.2) is 59.5 Å². The Morgan fingerprint density at radius 3 is 2.22 bits per heavy atom. The Morgan fingerprint density at radius 1 is 0.973 bits per heavy atom. The quantitative estimate of drug-likeness (QED) is 0.216. The topological polar surface area (TPSA) is 70.4 Å². The number of rotatable bonds is 10. The van der Waals surface area contributed by atoms with Crippen LogP contribution in [0.2, 0.25) is 0 Å². The summed E-state index contributed by atoms with van der Waals surface area (Å²) in [5.41, 5.74) is 4.17. The maximum atomic E-state index is 12.7. The molecule has 0 radical (unpaired) electrons. The zero-order valence-corrected chi connectivity index (χ0v) is 23.8. The minimum atomic E-state index is -0.761. The third kappa shape index (κ3) is 8.49. The van der Waals surface area contributed by atoms with Crippen LogP contribution in [0.5, 0.6) is 0 Å². The van der Waals surface area contributed by atoms with Crippen molar-refractivity contribution in [1.29, 1.82) is 0 Å². The van der Waals surface area contributed by atoms with Crippen molar-refractivity contribution in [2.75, 3.05) is 0 Å². The van der Waals surface area contributed by atoms with E-state index in [2.05, 4.69) is 38.1 Å². The fourth-order valence-electron chi connectivity index (χ4n) is 3.66. The predicted molar refractivity (Wildman–Crippen MR) is 148 cm³/mol. The summed E-state index contributed by atoms with van der Waals surface area (Å²) in [5, 5.41) is 4.74. The van der Waals surface area contributed by atoms with Gasteiger partial charge in [-0.1, -0.05) is 36.8 Å². The molecule has 1 heterocycles. The Hall–Kier alpha value is -3.06.